The highest BCUT2D eigenvalue weighted by molar-refractivity contribution is 5.86. The van der Waals surface area contributed by atoms with Crippen LogP contribution in [0.2, 0.25) is 0 Å². The van der Waals surface area contributed by atoms with Crippen molar-refractivity contribution < 1.29 is 9.52 Å². The summed E-state index contributed by atoms with van der Waals surface area (Å²) in [5.74, 6) is 0.849. The Morgan fingerprint density at radius 1 is 1.21 bits per heavy atom. The number of aryl methyl sites for hydroxylation is 1. The van der Waals surface area contributed by atoms with E-state index in [0.717, 1.165) is 16.8 Å². The standard InChI is InChI=1S/C15H12N2O2/c1-10-17-13-8-12(6-7-15(13)19-10)16-9-11-4-2-3-5-14(11)18/h2-9,18H,1H3. The van der Waals surface area contributed by atoms with Gasteiger partial charge < -0.3 is 9.52 Å². The molecule has 0 fully saturated rings. The Balaban J connectivity index is 1.94. The smallest absolute Gasteiger partial charge is 0.192 e. The van der Waals surface area contributed by atoms with Crippen molar-refractivity contribution in [1.29, 1.82) is 0 Å². The number of aliphatic imine (C=N–C) groups is 1. The van der Waals surface area contributed by atoms with Crippen LogP contribution in [0.1, 0.15) is 11.5 Å². The lowest BCUT2D eigenvalue weighted by Crippen LogP contribution is -1.80. The van der Waals surface area contributed by atoms with Crippen molar-refractivity contribution in [2.24, 2.45) is 4.99 Å². The number of oxazole rings is 1. The van der Waals surface area contributed by atoms with Crippen molar-refractivity contribution in [2.45, 2.75) is 6.92 Å². The summed E-state index contributed by atoms with van der Waals surface area (Å²) in [6.45, 7) is 1.81. The van der Waals surface area contributed by atoms with Gasteiger partial charge in [0.05, 0.1) is 5.69 Å². The van der Waals surface area contributed by atoms with Crippen LogP contribution in [0.4, 0.5) is 5.69 Å². The third-order valence-electron chi connectivity index (χ3n) is 2.77. The Morgan fingerprint density at radius 3 is 2.89 bits per heavy atom. The molecule has 1 N–H and O–H groups in total. The zero-order chi connectivity index (χ0) is 13.2. The van der Waals surface area contributed by atoms with Crippen LogP contribution in [0, 0.1) is 6.92 Å². The molecule has 0 radical (unpaired) electrons. The van der Waals surface area contributed by atoms with Crippen molar-refractivity contribution in [1.82, 2.24) is 4.98 Å². The normalized spacial score (nSPS) is 11.4. The molecule has 0 aliphatic carbocycles. The Kier molecular flexibility index (Phi) is 2.76. The highest BCUT2D eigenvalue weighted by atomic mass is 16.3. The quantitative estimate of drug-likeness (QED) is 0.709. The number of nitrogens with zero attached hydrogens (tertiary/aromatic N) is 2. The topological polar surface area (TPSA) is 58.6 Å². The van der Waals surface area contributed by atoms with Gasteiger partial charge in [-0.05, 0) is 30.3 Å². The molecule has 0 amide bonds. The molecule has 0 unspecified atom stereocenters. The van der Waals surface area contributed by atoms with E-state index in [-0.39, 0.29) is 5.75 Å². The van der Waals surface area contributed by atoms with Crippen molar-refractivity contribution in [3.63, 3.8) is 0 Å². The number of aromatic nitrogens is 1. The van der Waals surface area contributed by atoms with E-state index in [9.17, 15) is 5.11 Å². The molecule has 4 heteroatoms. The van der Waals surface area contributed by atoms with Gasteiger partial charge in [0.15, 0.2) is 11.5 Å². The molecule has 19 heavy (non-hydrogen) atoms. The van der Waals surface area contributed by atoms with Crippen molar-refractivity contribution in [3.05, 3.63) is 53.9 Å². The van der Waals surface area contributed by atoms with E-state index in [2.05, 4.69) is 9.98 Å². The van der Waals surface area contributed by atoms with E-state index in [1.165, 1.54) is 0 Å². The molecule has 3 aromatic rings. The zero-order valence-corrected chi connectivity index (χ0v) is 10.4. The first kappa shape index (κ1) is 11.5. The number of hydrogen-bond acceptors (Lipinski definition) is 4. The summed E-state index contributed by atoms with van der Waals surface area (Å²) >= 11 is 0. The molecule has 2 aromatic carbocycles. The van der Waals surface area contributed by atoms with E-state index in [0.29, 0.717) is 11.5 Å². The highest BCUT2D eigenvalue weighted by Crippen LogP contribution is 2.22. The third kappa shape index (κ3) is 2.33. The molecule has 0 saturated heterocycles. The molecule has 1 aromatic heterocycles. The van der Waals surface area contributed by atoms with Crippen LogP contribution in [-0.2, 0) is 0 Å². The average molecular weight is 252 g/mol. The summed E-state index contributed by atoms with van der Waals surface area (Å²) in [6, 6.07) is 12.6. The number of rotatable bonds is 2. The fourth-order valence-electron chi connectivity index (χ4n) is 1.85. The Labute approximate surface area is 110 Å². The van der Waals surface area contributed by atoms with Gasteiger partial charge in [0.2, 0.25) is 0 Å². The van der Waals surface area contributed by atoms with E-state index >= 15 is 0 Å². The SMILES string of the molecule is Cc1nc2cc(N=Cc3ccccc3O)ccc2o1. The Morgan fingerprint density at radius 2 is 2.05 bits per heavy atom. The zero-order valence-electron chi connectivity index (χ0n) is 10.4. The Bertz CT molecular complexity index is 760. The van der Waals surface area contributed by atoms with Crippen LogP contribution >= 0.6 is 0 Å². The summed E-state index contributed by atoms with van der Waals surface area (Å²) in [5.41, 5.74) is 2.98. The van der Waals surface area contributed by atoms with Gasteiger partial charge in [-0.2, -0.15) is 0 Å². The largest absolute Gasteiger partial charge is 0.507 e. The van der Waals surface area contributed by atoms with Gasteiger partial charge in [0, 0.05) is 18.7 Å². The summed E-state index contributed by atoms with van der Waals surface area (Å²) < 4.78 is 5.40. The van der Waals surface area contributed by atoms with E-state index in [4.69, 9.17) is 4.42 Å². The minimum Gasteiger partial charge on any atom is -0.507 e. The number of phenolic OH excluding ortho intramolecular Hbond substituents is 1. The Hall–Kier alpha value is -2.62. The van der Waals surface area contributed by atoms with Gasteiger partial charge in [0.1, 0.15) is 11.3 Å². The van der Waals surface area contributed by atoms with Gasteiger partial charge in [0.25, 0.3) is 0 Å². The summed E-state index contributed by atoms with van der Waals surface area (Å²) in [4.78, 5) is 8.59. The van der Waals surface area contributed by atoms with Crippen LogP contribution in [0.25, 0.3) is 11.1 Å². The van der Waals surface area contributed by atoms with Gasteiger partial charge >= 0.3 is 0 Å². The molecule has 0 aliphatic heterocycles. The van der Waals surface area contributed by atoms with Crippen LogP contribution < -0.4 is 0 Å². The fourth-order valence-corrected chi connectivity index (χ4v) is 1.85. The minimum atomic E-state index is 0.213. The third-order valence-corrected chi connectivity index (χ3v) is 2.77. The first-order chi connectivity index (χ1) is 9.22. The van der Waals surface area contributed by atoms with Gasteiger partial charge in [-0.1, -0.05) is 12.1 Å². The molecule has 94 valence electrons. The van der Waals surface area contributed by atoms with E-state index in [1.54, 1.807) is 24.4 Å². The summed E-state index contributed by atoms with van der Waals surface area (Å²) in [7, 11) is 0. The molecule has 0 bridgehead atoms. The summed E-state index contributed by atoms with van der Waals surface area (Å²) in [6.07, 6.45) is 1.63. The van der Waals surface area contributed by atoms with Crippen molar-refractivity contribution >= 4 is 23.0 Å². The fraction of sp³-hybridized carbons (Fsp3) is 0.0667. The number of para-hydroxylation sites is 1. The predicted molar refractivity (Wildman–Crippen MR) is 74.1 cm³/mol. The van der Waals surface area contributed by atoms with Crippen molar-refractivity contribution in [2.75, 3.05) is 0 Å². The number of benzene rings is 2. The number of hydrogen-bond donors (Lipinski definition) is 1. The van der Waals surface area contributed by atoms with Crippen LogP contribution in [0.5, 0.6) is 5.75 Å². The maximum absolute atomic E-state index is 9.65. The molecular weight excluding hydrogens is 240 g/mol. The second-order valence-electron chi connectivity index (χ2n) is 4.20. The van der Waals surface area contributed by atoms with Gasteiger partial charge in [-0.25, -0.2) is 4.98 Å². The van der Waals surface area contributed by atoms with Gasteiger partial charge in [-0.15, -0.1) is 0 Å². The molecular formula is C15H12N2O2. The van der Waals surface area contributed by atoms with Gasteiger partial charge in [-0.3, -0.25) is 4.99 Å². The van der Waals surface area contributed by atoms with Crippen LogP contribution in [0.15, 0.2) is 51.9 Å². The lowest BCUT2D eigenvalue weighted by molar-refractivity contribution is 0.474. The molecule has 3 rings (SSSR count). The average Bonchev–Trinajstić information content (AvgIpc) is 2.77. The molecule has 1 heterocycles. The van der Waals surface area contributed by atoms with E-state index in [1.807, 2.05) is 31.2 Å². The van der Waals surface area contributed by atoms with E-state index < -0.39 is 0 Å². The minimum absolute atomic E-state index is 0.213. The first-order valence-corrected chi connectivity index (χ1v) is 5.91. The highest BCUT2D eigenvalue weighted by Gasteiger charge is 2.02. The van der Waals surface area contributed by atoms with Crippen LogP contribution in [-0.4, -0.2) is 16.3 Å². The maximum atomic E-state index is 9.65. The number of aromatic hydroxyl groups is 1. The first-order valence-electron chi connectivity index (χ1n) is 5.91. The molecule has 0 spiro atoms. The molecule has 0 saturated carbocycles. The summed E-state index contributed by atoms with van der Waals surface area (Å²) in [5, 5.41) is 9.65. The second kappa shape index (κ2) is 4.57. The molecule has 4 nitrogen and oxygen atoms in total. The molecule has 0 aliphatic rings. The lowest BCUT2D eigenvalue weighted by atomic mass is 10.2. The number of fused-ring (bicyclic) bond motifs is 1. The predicted octanol–water partition coefficient (Wildman–Crippen LogP) is 3.59. The number of phenols is 1. The monoisotopic (exact) mass is 252 g/mol. The lowest BCUT2D eigenvalue weighted by Gasteiger charge is -1.97. The van der Waals surface area contributed by atoms with Crippen molar-refractivity contribution in [3.8, 4) is 5.75 Å². The second-order valence-corrected chi connectivity index (χ2v) is 4.20. The maximum Gasteiger partial charge on any atom is 0.192 e. The van der Waals surface area contributed by atoms with Crippen LogP contribution in [0.3, 0.4) is 0 Å². The molecule has 0 atom stereocenters.